The van der Waals surface area contributed by atoms with Crippen molar-refractivity contribution in [3.05, 3.63) is 271 Å². The fourth-order valence-corrected chi connectivity index (χ4v) is 11.8. The number of aryl methyl sites for hydroxylation is 3. The van der Waals surface area contributed by atoms with E-state index in [1.807, 2.05) is 147 Å². The van der Waals surface area contributed by atoms with E-state index in [1.165, 1.54) is 27.8 Å². The average molecular weight is 1550 g/mol. The number of para-hydroxylation sites is 3. The molecule has 0 aliphatic carbocycles. The number of hydrogen-bond donors (Lipinski definition) is 0. The molecule has 0 saturated heterocycles. The molecule has 15 rings (SSSR count). The van der Waals surface area contributed by atoms with Gasteiger partial charge >= 0.3 is 42.1 Å². The van der Waals surface area contributed by atoms with Gasteiger partial charge < -0.3 is 27.6 Å². The summed E-state index contributed by atoms with van der Waals surface area (Å²) in [7, 11) is 0. The Kier molecular flexibility index (Phi) is 17.7. The largest absolute Gasteiger partial charge is 2.00 e. The van der Waals surface area contributed by atoms with Gasteiger partial charge in [0, 0.05) is 63.2 Å². The van der Waals surface area contributed by atoms with Crippen LogP contribution in [0.25, 0.3) is 106 Å². The van der Waals surface area contributed by atoms with Crippen LogP contribution in [0.4, 0.5) is 0 Å². The summed E-state index contributed by atoms with van der Waals surface area (Å²) in [6.07, 6.45) is 5.54. The van der Waals surface area contributed by atoms with Gasteiger partial charge in [0.05, 0.1) is 22.9 Å². The van der Waals surface area contributed by atoms with E-state index >= 15 is 0 Å². The quantitative estimate of drug-likeness (QED) is 0.104. The molecular formula is C77H59N9O3Pt2. The summed E-state index contributed by atoms with van der Waals surface area (Å²) >= 11 is 0. The zero-order valence-corrected chi connectivity index (χ0v) is 55.4. The second-order valence-electron chi connectivity index (χ2n) is 22.6. The van der Waals surface area contributed by atoms with E-state index in [0.717, 1.165) is 83.7 Å². The third-order valence-electron chi connectivity index (χ3n) is 16.0. The Bertz CT molecular complexity index is 5060. The summed E-state index contributed by atoms with van der Waals surface area (Å²) in [6.45, 7) is 15.1. The standard InChI is InChI=1S/C40H28N4O.C37H31N5O2.2Pt/c1-27-12-10-13-28(2)39(27)37-26-42-40(43(37)30-15-4-3-5-16-30)29-14-11-17-31(24-29)45-32-21-22-34-33-18-6-7-19-35(33)44(36(34)25-32)38-20-8-9-23-41-38;1-22(2)27-12-7-13-28(23(3)4)34(27)42-21-38-41-36(42)25-10-6-11-26(20-25)43-33-17-9-16-32(40-33)31-15-8-14-29-30-19-18-24(5)39-37(30)44-35(29)31;;/h3-23,26H,1-2H3;6-14,16-19,21-23H,1-5H3;;/q2*-2;2*+2. The van der Waals surface area contributed by atoms with Crippen LogP contribution >= 0.6 is 0 Å². The van der Waals surface area contributed by atoms with Crippen LogP contribution in [0.3, 0.4) is 0 Å². The molecule has 15 aromatic rings. The molecule has 91 heavy (non-hydrogen) atoms. The van der Waals surface area contributed by atoms with Gasteiger partial charge in [-0.1, -0.05) is 147 Å². The first-order valence-corrected chi connectivity index (χ1v) is 29.7. The van der Waals surface area contributed by atoms with Crippen LogP contribution in [0.15, 0.2) is 223 Å². The fraction of sp³-hybridized carbons (Fsp3) is 0.117. The molecule has 0 radical (unpaired) electrons. The minimum absolute atomic E-state index is 0. The van der Waals surface area contributed by atoms with E-state index in [1.54, 1.807) is 6.33 Å². The van der Waals surface area contributed by atoms with Crippen molar-refractivity contribution in [1.82, 2.24) is 43.8 Å². The maximum absolute atomic E-state index is 6.43. The number of benzene rings is 8. The molecule has 0 bridgehead atoms. The number of ether oxygens (including phenoxy) is 2. The van der Waals surface area contributed by atoms with Crippen LogP contribution in [0, 0.1) is 45.0 Å². The molecule has 450 valence electrons. The van der Waals surface area contributed by atoms with E-state index < -0.39 is 0 Å². The summed E-state index contributed by atoms with van der Waals surface area (Å²) in [6, 6.07) is 80.5. The van der Waals surface area contributed by atoms with Crippen molar-refractivity contribution in [3.63, 3.8) is 0 Å². The van der Waals surface area contributed by atoms with Crippen LogP contribution in [-0.2, 0) is 42.1 Å². The molecule has 0 amide bonds. The molecule has 0 spiro atoms. The number of hydrogen-bond acceptors (Lipinski definition) is 9. The molecule has 0 saturated carbocycles. The molecule has 0 N–H and O–H groups in total. The Balaban J connectivity index is 0.000000172. The number of pyridine rings is 3. The van der Waals surface area contributed by atoms with Gasteiger partial charge in [-0.25, -0.2) is 9.97 Å². The Labute approximate surface area is 556 Å². The fourth-order valence-electron chi connectivity index (χ4n) is 11.8. The van der Waals surface area contributed by atoms with E-state index in [0.29, 0.717) is 57.8 Å². The van der Waals surface area contributed by atoms with Gasteiger partial charge in [0.1, 0.15) is 12.1 Å². The second-order valence-corrected chi connectivity index (χ2v) is 22.6. The summed E-state index contributed by atoms with van der Waals surface area (Å²) in [5.41, 5.74) is 16.5. The van der Waals surface area contributed by atoms with Crippen molar-refractivity contribution in [2.45, 2.75) is 60.3 Å². The molecule has 7 heterocycles. The second kappa shape index (κ2) is 26.3. The smallest absolute Gasteiger partial charge is 0.503 e. The van der Waals surface area contributed by atoms with Gasteiger partial charge in [0.15, 0.2) is 0 Å². The number of furan rings is 1. The number of rotatable bonds is 13. The summed E-state index contributed by atoms with van der Waals surface area (Å²) in [5, 5.41) is 13.0. The molecule has 0 aliphatic heterocycles. The van der Waals surface area contributed by atoms with E-state index in [4.69, 9.17) is 23.9 Å². The van der Waals surface area contributed by atoms with E-state index in [2.05, 4.69) is 172 Å². The number of imidazole rings is 1. The SMILES string of the molecule is Cc1ccc2c(n1)oc1c(-c3cccc(Oc4[c-]c(-c5nncn5-c5c(C(C)C)cccc5C(C)C)ccc4)n3)[c-]ccc12.Cc1cccc(C)c1-c1cnc(-c2[c-]c(Oc3[c-]c4c(cc3)c3ccccc3n4-c3ccccn3)ccc2)n1-c1ccccc1.[Pt+2].[Pt+2]. The third kappa shape index (κ3) is 12.0. The maximum atomic E-state index is 6.43. The van der Waals surface area contributed by atoms with Crippen molar-refractivity contribution < 1.29 is 56.0 Å². The van der Waals surface area contributed by atoms with Crippen LogP contribution in [0.5, 0.6) is 23.1 Å². The Morgan fingerprint density at radius 3 is 1.95 bits per heavy atom. The van der Waals surface area contributed by atoms with Crippen LogP contribution in [0.2, 0.25) is 0 Å². The topological polar surface area (TPSA) is 124 Å². The third-order valence-corrected chi connectivity index (χ3v) is 16.0. The molecule has 7 aromatic heterocycles. The first kappa shape index (κ1) is 61.4. The summed E-state index contributed by atoms with van der Waals surface area (Å²) < 4.78 is 25.3. The minimum Gasteiger partial charge on any atom is -0.503 e. The molecule has 12 nitrogen and oxygen atoms in total. The van der Waals surface area contributed by atoms with Crippen molar-refractivity contribution in [2.24, 2.45) is 0 Å². The minimum atomic E-state index is 0. The number of fused-ring (bicyclic) bond motifs is 6. The molecule has 8 aromatic carbocycles. The molecule has 14 heteroatoms. The van der Waals surface area contributed by atoms with Gasteiger partial charge in [-0.3, -0.25) is 9.97 Å². The molecular weight excluding hydrogens is 1490 g/mol. The van der Waals surface area contributed by atoms with Gasteiger partial charge in [0.2, 0.25) is 11.6 Å². The van der Waals surface area contributed by atoms with Crippen LogP contribution in [0.1, 0.15) is 67.5 Å². The molecule has 0 unspecified atom stereocenters. The molecule has 0 atom stereocenters. The van der Waals surface area contributed by atoms with Gasteiger partial charge in [0.25, 0.3) is 0 Å². The van der Waals surface area contributed by atoms with Gasteiger partial charge in [-0.05, 0) is 114 Å². The predicted molar refractivity (Wildman–Crippen MR) is 352 cm³/mol. The Morgan fingerprint density at radius 1 is 0.527 bits per heavy atom. The summed E-state index contributed by atoms with van der Waals surface area (Å²) in [4.78, 5) is 18.9. The Morgan fingerprint density at radius 2 is 1.20 bits per heavy atom. The average Bonchev–Trinajstić information content (AvgIpc) is 2.37. The monoisotopic (exact) mass is 1550 g/mol. The van der Waals surface area contributed by atoms with Gasteiger partial charge in [-0.15, -0.1) is 88.3 Å². The van der Waals surface area contributed by atoms with Crippen LogP contribution < -0.4 is 9.47 Å². The maximum Gasteiger partial charge on any atom is 2.00 e. The van der Waals surface area contributed by atoms with Crippen molar-refractivity contribution >= 4 is 43.9 Å². The zero-order valence-electron chi connectivity index (χ0n) is 50.8. The Hall–Kier alpha value is -9.86. The summed E-state index contributed by atoms with van der Waals surface area (Å²) in [5.74, 6) is 5.12. The predicted octanol–water partition coefficient (Wildman–Crippen LogP) is 18.9. The van der Waals surface area contributed by atoms with Crippen molar-refractivity contribution in [2.75, 3.05) is 0 Å². The first-order valence-electron chi connectivity index (χ1n) is 29.7. The molecule has 0 aliphatic rings. The van der Waals surface area contributed by atoms with E-state index in [-0.39, 0.29) is 42.1 Å². The first-order chi connectivity index (χ1) is 43.5. The van der Waals surface area contributed by atoms with Crippen molar-refractivity contribution in [1.29, 1.82) is 0 Å². The molecule has 0 fully saturated rings. The number of nitrogens with zero attached hydrogens (tertiary/aromatic N) is 9. The number of aromatic nitrogens is 9. The normalized spacial score (nSPS) is 11.3. The van der Waals surface area contributed by atoms with Crippen LogP contribution in [-0.4, -0.2) is 43.8 Å². The zero-order chi connectivity index (χ0) is 60.7. The van der Waals surface area contributed by atoms with E-state index in [9.17, 15) is 0 Å². The van der Waals surface area contributed by atoms with Crippen molar-refractivity contribution in [3.8, 4) is 85.6 Å². The van der Waals surface area contributed by atoms with Gasteiger partial charge in [-0.2, -0.15) is 11.2 Å².